The van der Waals surface area contributed by atoms with Gasteiger partial charge in [-0.15, -0.1) is 0 Å². The molecule has 0 radical (unpaired) electrons. The quantitative estimate of drug-likeness (QED) is 0.427. The summed E-state index contributed by atoms with van der Waals surface area (Å²) in [5.41, 5.74) is 5.08. The van der Waals surface area contributed by atoms with Crippen LogP contribution in [0.4, 0.5) is 5.82 Å². The standard InChI is InChI=1S/C28H26N4O3/c1-19-8-7-14-29-27(19)31-25(33)18-35-28(34)26-21-11-5-6-12-23(21)30-24-13-15-32(17-22(24)26)16-20-9-3-2-4-10-20/h2-12,14H,13,15-18H2,1H3,(H,29,31,33). The molecule has 1 amide bonds. The molecular formula is C28H26N4O3. The molecule has 0 unspecified atom stereocenters. The van der Waals surface area contributed by atoms with Crippen LogP contribution in [-0.2, 0) is 29.0 Å². The molecule has 7 nitrogen and oxygen atoms in total. The fraction of sp³-hybridized carbons (Fsp3) is 0.214. The Morgan fingerprint density at radius 2 is 1.83 bits per heavy atom. The highest BCUT2D eigenvalue weighted by atomic mass is 16.5. The zero-order valence-electron chi connectivity index (χ0n) is 19.5. The first-order valence-corrected chi connectivity index (χ1v) is 11.6. The van der Waals surface area contributed by atoms with Crippen molar-refractivity contribution in [1.29, 1.82) is 0 Å². The summed E-state index contributed by atoms with van der Waals surface area (Å²) in [6, 6.07) is 21.5. The van der Waals surface area contributed by atoms with Gasteiger partial charge in [-0.2, -0.15) is 0 Å². The van der Waals surface area contributed by atoms with Crippen LogP contribution < -0.4 is 5.32 Å². The zero-order chi connectivity index (χ0) is 24.2. The third-order valence-corrected chi connectivity index (χ3v) is 6.18. The molecule has 2 aromatic carbocycles. The van der Waals surface area contributed by atoms with Gasteiger partial charge < -0.3 is 10.1 Å². The lowest BCUT2D eigenvalue weighted by Gasteiger charge is -2.30. The maximum atomic E-state index is 13.4. The largest absolute Gasteiger partial charge is 0.452 e. The Kier molecular flexibility index (Phi) is 6.50. The number of ether oxygens (including phenoxy) is 1. The van der Waals surface area contributed by atoms with Crippen molar-refractivity contribution in [3.05, 3.63) is 101 Å². The van der Waals surface area contributed by atoms with Gasteiger partial charge in [0, 0.05) is 48.9 Å². The predicted octanol–water partition coefficient (Wildman–Crippen LogP) is 4.29. The van der Waals surface area contributed by atoms with Gasteiger partial charge in [0.05, 0.1) is 11.1 Å². The van der Waals surface area contributed by atoms with Crippen molar-refractivity contribution in [2.24, 2.45) is 0 Å². The number of esters is 1. The number of fused-ring (bicyclic) bond motifs is 2. The van der Waals surface area contributed by atoms with Gasteiger partial charge in [0.1, 0.15) is 5.82 Å². The van der Waals surface area contributed by atoms with Crippen LogP contribution in [0.5, 0.6) is 0 Å². The molecule has 176 valence electrons. The number of anilines is 1. The molecule has 0 spiro atoms. The van der Waals surface area contributed by atoms with E-state index in [9.17, 15) is 9.59 Å². The van der Waals surface area contributed by atoms with Crippen LogP contribution in [0.3, 0.4) is 0 Å². The van der Waals surface area contributed by atoms with Gasteiger partial charge in [-0.05, 0) is 30.2 Å². The van der Waals surface area contributed by atoms with E-state index >= 15 is 0 Å². The molecule has 1 N–H and O–H groups in total. The van der Waals surface area contributed by atoms with E-state index in [4.69, 9.17) is 9.72 Å². The molecule has 2 aromatic heterocycles. The summed E-state index contributed by atoms with van der Waals surface area (Å²) in [6.07, 6.45) is 2.35. The number of aromatic nitrogens is 2. The predicted molar refractivity (Wildman–Crippen MR) is 134 cm³/mol. The van der Waals surface area contributed by atoms with Crippen molar-refractivity contribution >= 4 is 28.6 Å². The van der Waals surface area contributed by atoms with Crippen LogP contribution in [0, 0.1) is 6.92 Å². The number of nitrogens with one attached hydrogen (secondary N) is 1. The summed E-state index contributed by atoms with van der Waals surface area (Å²) in [5, 5.41) is 3.44. The highest BCUT2D eigenvalue weighted by Crippen LogP contribution is 2.29. The Hall–Kier alpha value is -4.10. The van der Waals surface area contributed by atoms with Crippen molar-refractivity contribution in [1.82, 2.24) is 14.9 Å². The van der Waals surface area contributed by atoms with Crippen LogP contribution in [0.25, 0.3) is 10.9 Å². The molecule has 7 heteroatoms. The van der Waals surface area contributed by atoms with E-state index in [0.717, 1.165) is 47.2 Å². The number of hydrogen-bond donors (Lipinski definition) is 1. The lowest BCUT2D eigenvalue weighted by atomic mass is 9.95. The van der Waals surface area contributed by atoms with Gasteiger partial charge >= 0.3 is 5.97 Å². The minimum absolute atomic E-state index is 0.395. The molecule has 0 bridgehead atoms. The number of aryl methyl sites for hydroxylation is 1. The first-order valence-electron chi connectivity index (χ1n) is 11.6. The number of benzene rings is 2. The van der Waals surface area contributed by atoms with E-state index in [2.05, 4.69) is 27.3 Å². The molecule has 0 aliphatic carbocycles. The van der Waals surface area contributed by atoms with Gasteiger partial charge in [0.25, 0.3) is 5.91 Å². The minimum Gasteiger partial charge on any atom is -0.452 e. The van der Waals surface area contributed by atoms with Crippen molar-refractivity contribution < 1.29 is 14.3 Å². The third-order valence-electron chi connectivity index (χ3n) is 6.18. The van der Waals surface area contributed by atoms with E-state index in [1.54, 1.807) is 12.3 Å². The molecule has 0 saturated heterocycles. The molecule has 4 aromatic rings. The average molecular weight is 467 g/mol. The normalized spacial score (nSPS) is 13.3. The molecular weight excluding hydrogens is 440 g/mol. The van der Waals surface area contributed by atoms with Crippen LogP contribution in [0.1, 0.15) is 32.7 Å². The summed E-state index contributed by atoms with van der Waals surface area (Å²) in [5.74, 6) is -0.496. The topological polar surface area (TPSA) is 84.4 Å². The lowest BCUT2D eigenvalue weighted by Crippen LogP contribution is -2.32. The van der Waals surface area contributed by atoms with E-state index in [1.807, 2.05) is 55.5 Å². The Morgan fingerprint density at radius 3 is 2.66 bits per heavy atom. The Morgan fingerprint density at radius 1 is 1.03 bits per heavy atom. The number of hydrogen-bond acceptors (Lipinski definition) is 6. The Labute approximate surface area is 203 Å². The van der Waals surface area contributed by atoms with Crippen LogP contribution in [0.2, 0.25) is 0 Å². The minimum atomic E-state index is -0.519. The molecule has 0 atom stereocenters. The maximum absolute atomic E-state index is 13.4. The van der Waals surface area contributed by atoms with E-state index in [-0.39, 0.29) is 0 Å². The second-order valence-electron chi connectivity index (χ2n) is 8.67. The second-order valence-corrected chi connectivity index (χ2v) is 8.67. The van der Waals surface area contributed by atoms with E-state index < -0.39 is 18.5 Å². The zero-order valence-corrected chi connectivity index (χ0v) is 19.5. The van der Waals surface area contributed by atoms with Crippen molar-refractivity contribution in [3.8, 4) is 0 Å². The molecule has 1 aliphatic rings. The summed E-state index contributed by atoms with van der Waals surface area (Å²) in [6.45, 7) is 3.69. The number of rotatable bonds is 6. The van der Waals surface area contributed by atoms with Gasteiger partial charge in [-0.25, -0.2) is 9.78 Å². The lowest BCUT2D eigenvalue weighted by molar-refractivity contribution is -0.119. The fourth-order valence-electron chi connectivity index (χ4n) is 4.44. The first-order chi connectivity index (χ1) is 17.1. The monoisotopic (exact) mass is 466 g/mol. The summed E-state index contributed by atoms with van der Waals surface area (Å²) in [4.78, 5) is 37.1. The van der Waals surface area contributed by atoms with Crippen molar-refractivity contribution in [3.63, 3.8) is 0 Å². The number of carbonyl (C=O) groups excluding carboxylic acids is 2. The summed E-state index contributed by atoms with van der Waals surface area (Å²) < 4.78 is 5.50. The number of pyridine rings is 2. The molecule has 0 saturated carbocycles. The fourth-order valence-corrected chi connectivity index (χ4v) is 4.44. The maximum Gasteiger partial charge on any atom is 0.339 e. The highest BCUT2D eigenvalue weighted by molar-refractivity contribution is 6.06. The molecule has 1 aliphatic heterocycles. The van der Waals surface area contributed by atoms with Gasteiger partial charge in [0.15, 0.2) is 6.61 Å². The number of amides is 1. The number of carbonyl (C=O) groups is 2. The average Bonchev–Trinajstić information content (AvgIpc) is 2.88. The van der Waals surface area contributed by atoms with Crippen molar-refractivity contribution in [2.45, 2.75) is 26.4 Å². The van der Waals surface area contributed by atoms with Crippen LogP contribution >= 0.6 is 0 Å². The first kappa shape index (κ1) is 22.7. The SMILES string of the molecule is Cc1cccnc1NC(=O)COC(=O)c1c2c(nc3ccccc13)CCN(Cc1ccccc1)C2. The smallest absolute Gasteiger partial charge is 0.339 e. The Balaban J connectivity index is 1.38. The summed E-state index contributed by atoms with van der Waals surface area (Å²) >= 11 is 0. The Bertz CT molecular complexity index is 1390. The highest BCUT2D eigenvalue weighted by Gasteiger charge is 2.27. The van der Waals surface area contributed by atoms with E-state index in [1.165, 1.54) is 5.56 Å². The second kappa shape index (κ2) is 10.0. The summed E-state index contributed by atoms with van der Waals surface area (Å²) in [7, 11) is 0. The van der Waals surface area contributed by atoms with Crippen LogP contribution in [-0.4, -0.2) is 39.9 Å². The number of para-hydroxylation sites is 1. The van der Waals surface area contributed by atoms with Gasteiger partial charge in [-0.1, -0.05) is 54.6 Å². The molecule has 0 fully saturated rings. The third kappa shape index (κ3) is 5.05. The van der Waals surface area contributed by atoms with Crippen molar-refractivity contribution in [2.75, 3.05) is 18.5 Å². The van der Waals surface area contributed by atoms with Crippen LogP contribution in [0.15, 0.2) is 72.9 Å². The van der Waals surface area contributed by atoms with E-state index in [0.29, 0.717) is 17.9 Å². The van der Waals surface area contributed by atoms with Gasteiger partial charge in [-0.3, -0.25) is 14.7 Å². The number of nitrogens with zero attached hydrogens (tertiary/aromatic N) is 3. The molecule has 5 rings (SSSR count). The molecule has 3 heterocycles. The van der Waals surface area contributed by atoms with Gasteiger partial charge in [0.2, 0.25) is 0 Å². The molecule has 35 heavy (non-hydrogen) atoms.